The van der Waals surface area contributed by atoms with E-state index in [1.807, 2.05) is 61.5 Å². The molecule has 0 aliphatic rings. The normalized spacial score (nSPS) is 10.4. The van der Waals surface area contributed by atoms with Gasteiger partial charge in [0, 0.05) is 25.5 Å². The van der Waals surface area contributed by atoms with Gasteiger partial charge >= 0.3 is 5.97 Å². The van der Waals surface area contributed by atoms with Gasteiger partial charge in [-0.05, 0) is 43.3 Å². The summed E-state index contributed by atoms with van der Waals surface area (Å²) in [5.41, 5.74) is 2.86. The van der Waals surface area contributed by atoms with Crippen molar-refractivity contribution in [3.8, 4) is 5.69 Å². The molecular weight excluding hydrogens is 358 g/mol. The van der Waals surface area contributed by atoms with Crippen LogP contribution in [0.3, 0.4) is 0 Å². The van der Waals surface area contributed by atoms with Crippen LogP contribution in [0.1, 0.15) is 16.2 Å². The molecule has 0 spiro atoms. The Morgan fingerprint density at radius 2 is 1.71 bits per heavy atom. The molecule has 8 nitrogen and oxygen atoms in total. The molecule has 3 rings (SSSR count). The zero-order valence-electron chi connectivity index (χ0n) is 15.9. The molecule has 2 aromatic carbocycles. The molecule has 0 radical (unpaired) electrons. The number of benzene rings is 2. The number of anilines is 2. The number of para-hydroxylation sites is 1. The summed E-state index contributed by atoms with van der Waals surface area (Å²) in [6.07, 6.45) is 0. The minimum absolute atomic E-state index is 0.0759. The molecule has 0 aliphatic heterocycles. The van der Waals surface area contributed by atoms with E-state index in [9.17, 15) is 9.59 Å². The van der Waals surface area contributed by atoms with Gasteiger partial charge in [0.25, 0.3) is 5.91 Å². The van der Waals surface area contributed by atoms with Gasteiger partial charge in [-0.1, -0.05) is 18.2 Å². The third kappa shape index (κ3) is 4.53. The number of aromatic nitrogens is 3. The predicted octanol–water partition coefficient (Wildman–Crippen LogP) is 2.44. The molecular formula is C20H21N5O3. The maximum atomic E-state index is 12.3. The number of rotatable bonds is 6. The summed E-state index contributed by atoms with van der Waals surface area (Å²) in [4.78, 5) is 27.6. The van der Waals surface area contributed by atoms with Crippen molar-refractivity contribution in [2.75, 3.05) is 30.9 Å². The third-order valence-electron chi connectivity index (χ3n) is 3.96. The number of nitrogens with one attached hydrogen (secondary N) is 1. The minimum atomic E-state index is -0.696. The van der Waals surface area contributed by atoms with Gasteiger partial charge in [-0.2, -0.15) is 9.90 Å². The van der Waals surface area contributed by atoms with Crippen molar-refractivity contribution in [3.05, 3.63) is 66.0 Å². The Morgan fingerprint density at radius 1 is 1.04 bits per heavy atom. The number of amides is 1. The van der Waals surface area contributed by atoms with Gasteiger partial charge in [-0.3, -0.25) is 4.79 Å². The number of nitrogens with zero attached hydrogens (tertiary/aromatic N) is 4. The first kappa shape index (κ1) is 19.1. The highest BCUT2D eigenvalue weighted by Crippen LogP contribution is 2.15. The molecule has 0 fully saturated rings. The maximum Gasteiger partial charge on any atom is 0.361 e. The van der Waals surface area contributed by atoms with Crippen molar-refractivity contribution in [1.29, 1.82) is 0 Å². The summed E-state index contributed by atoms with van der Waals surface area (Å²) in [6, 6.07) is 16.5. The van der Waals surface area contributed by atoms with E-state index < -0.39 is 18.5 Å². The molecule has 0 aliphatic carbocycles. The third-order valence-corrected chi connectivity index (χ3v) is 3.96. The van der Waals surface area contributed by atoms with Gasteiger partial charge in [0.15, 0.2) is 12.3 Å². The van der Waals surface area contributed by atoms with Crippen LogP contribution < -0.4 is 10.2 Å². The minimum Gasteiger partial charge on any atom is -0.451 e. The summed E-state index contributed by atoms with van der Waals surface area (Å²) in [6.45, 7) is 1.25. The lowest BCUT2D eigenvalue weighted by Gasteiger charge is -2.13. The van der Waals surface area contributed by atoms with Crippen molar-refractivity contribution in [3.63, 3.8) is 0 Å². The highest BCUT2D eigenvalue weighted by molar-refractivity contribution is 5.95. The number of ether oxygens (including phenoxy) is 1. The lowest BCUT2D eigenvalue weighted by Crippen LogP contribution is -2.21. The molecule has 0 unspecified atom stereocenters. The van der Waals surface area contributed by atoms with Crippen molar-refractivity contribution < 1.29 is 14.3 Å². The molecule has 28 heavy (non-hydrogen) atoms. The van der Waals surface area contributed by atoms with Crippen molar-refractivity contribution in [2.45, 2.75) is 6.92 Å². The molecule has 0 saturated carbocycles. The number of esters is 1. The average Bonchev–Trinajstić information content (AvgIpc) is 3.09. The van der Waals surface area contributed by atoms with Crippen LogP contribution in [0.5, 0.6) is 0 Å². The lowest BCUT2D eigenvalue weighted by molar-refractivity contribution is -0.119. The summed E-state index contributed by atoms with van der Waals surface area (Å²) < 4.78 is 5.08. The molecule has 0 atom stereocenters. The fourth-order valence-corrected chi connectivity index (χ4v) is 2.48. The first-order valence-corrected chi connectivity index (χ1v) is 8.68. The van der Waals surface area contributed by atoms with E-state index >= 15 is 0 Å². The Labute approximate surface area is 162 Å². The largest absolute Gasteiger partial charge is 0.451 e. The number of aryl methyl sites for hydroxylation is 1. The summed E-state index contributed by atoms with van der Waals surface area (Å²) >= 11 is 0. The van der Waals surface area contributed by atoms with Gasteiger partial charge in [0.1, 0.15) is 0 Å². The van der Waals surface area contributed by atoms with E-state index in [0.717, 1.165) is 11.4 Å². The monoisotopic (exact) mass is 379 g/mol. The van der Waals surface area contributed by atoms with Gasteiger partial charge in [-0.25, -0.2) is 4.79 Å². The van der Waals surface area contributed by atoms with Gasteiger partial charge in [0.05, 0.1) is 11.4 Å². The van der Waals surface area contributed by atoms with Gasteiger partial charge in [0.2, 0.25) is 0 Å². The first-order chi connectivity index (χ1) is 13.4. The highest BCUT2D eigenvalue weighted by Gasteiger charge is 2.19. The number of hydrogen-bond donors (Lipinski definition) is 1. The van der Waals surface area contributed by atoms with Crippen LogP contribution in [-0.2, 0) is 9.53 Å². The van der Waals surface area contributed by atoms with Crippen LogP contribution >= 0.6 is 0 Å². The molecule has 1 heterocycles. The zero-order valence-corrected chi connectivity index (χ0v) is 15.9. The van der Waals surface area contributed by atoms with Crippen LogP contribution in [-0.4, -0.2) is 47.6 Å². The van der Waals surface area contributed by atoms with E-state index in [1.54, 1.807) is 19.1 Å². The van der Waals surface area contributed by atoms with E-state index in [2.05, 4.69) is 15.5 Å². The first-order valence-electron chi connectivity index (χ1n) is 8.68. The fraction of sp³-hybridized carbons (Fsp3) is 0.200. The molecule has 1 amide bonds. The molecule has 3 aromatic rings. The van der Waals surface area contributed by atoms with Gasteiger partial charge in [-0.15, -0.1) is 5.10 Å². The van der Waals surface area contributed by atoms with Crippen molar-refractivity contribution >= 4 is 23.3 Å². The zero-order chi connectivity index (χ0) is 20.1. The quantitative estimate of drug-likeness (QED) is 0.662. The number of carbonyl (C=O) groups is 2. The number of hydrogen-bond acceptors (Lipinski definition) is 6. The van der Waals surface area contributed by atoms with Gasteiger partial charge < -0.3 is 15.0 Å². The fourth-order valence-electron chi connectivity index (χ4n) is 2.48. The van der Waals surface area contributed by atoms with E-state index in [4.69, 9.17) is 4.74 Å². The van der Waals surface area contributed by atoms with Crippen LogP contribution in [0.4, 0.5) is 11.4 Å². The standard InChI is InChI=1S/C20H21N5O3/c1-14-19(23-25(22-14)17-7-5-4-6-8-17)20(27)28-13-18(26)21-15-9-11-16(12-10-15)24(2)3/h4-12H,13H2,1-3H3,(H,21,26). The van der Waals surface area contributed by atoms with Crippen LogP contribution in [0.25, 0.3) is 5.69 Å². The second kappa shape index (κ2) is 8.34. The molecule has 144 valence electrons. The van der Waals surface area contributed by atoms with E-state index in [0.29, 0.717) is 11.4 Å². The SMILES string of the molecule is Cc1nn(-c2ccccc2)nc1C(=O)OCC(=O)Nc1ccc(N(C)C)cc1. The van der Waals surface area contributed by atoms with Crippen LogP contribution in [0.15, 0.2) is 54.6 Å². The lowest BCUT2D eigenvalue weighted by atomic mass is 10.2. The van der Waals surface area contributed by atoms with E-state index in [-0.39, 0.29) is 5.69 Å². The molecule has 1 aromatic heterocycles. The summed E-state index contributed by atoms with van der Waals surface area (Å²) in [7, 11) is 3.87. The average molecular weight is 379 g/mol. The Balaban J connectivity index is 1.58. The molecule has 0 saturated heterocycles. The molecule has 1 N–H and O–H groups in total. The van der Waals surface area contributed by atoms with Crippen LogP contribution in [0.2, 0.25) is 0 Å². The Morgan fingerprint density at radius 3 is 2.36 bits per heavy atom. The second-order valence-electron chi connectivity index (χ2n) is 6.32. The van der Waals surface area contributed by atoms with Crippen molar-refractivity contribution in [2.24, 2.45) is 0 Å². The summed E-state index contributed by atoms with van der Waals surface area (Å²) in [5.74, 6) is -1.13. The maximum absolute atomic E-state index is 12.3. The predicted molar refractivity (Wildman–Crippen MR) is 106 cm³/mol. The topological polar surface area (TPSA) is 89.4 Å². The second-order valence-corrected chi connectivity index (χ2v) is 6.32. The van der Waals surface area contributed by atoms with Crippen molar-refractivity contribution in [1.82, 2.24) is 15.0 Å². The highest BCUT2D eigenvalue weighted by atomic mass is 16.5. The molecule has 0 bridgehead atoms. The molecule has 8 heteroatoms. The number of carbonyl (C=O) groups excluding carboxylic acids is 2. The smallest absolute Gasteiger partial charge is 0.361 e. The van der Waals surface area contributed by atoms with Crippen LogP contribution in [0, 0.1) is 6.92 Å². The van der Waals surface area contributed by atoms with E-state index in [1.165, 1.54) is 4.80 Å². The Bertz CT molecular complexity index is 965. The summed E-state index contributed by atoms with van der Waals surface area (Å²) in [5, 5.41) is 11.1. The Hall–Kier alpha value is -3.68. The Kier molecular flexibility index (Phi) is 5.69.